The fraction of sp³-hybridized carbons (Fsp3) is 0.846. The van der Waals surface area contributed by atoms with Crippen LogP contribution in [-0.4, -0.2) is 25.8 Å². The van der Waals surface area contributed by atoms with Crippen LogP contribution in [0.1, 0.15) is 46.5 Å². The van der Waals surface area contributed by atoms with E-state index in [-0.39, 0.29) is 0 Å². The molecular formula is C13H27NO. The third-order valence-electron chi connectivity index (χ3n) is 2.29. The van der Waals surface area contributed by atoms with Gasteiger partial charge in [0.1, 0.15) is 0 Å². The lowest BCUT2D eigenvalue weighted by molar-refractivity contribution is 0.0493. The van der Waals surface area contributed by atoms with Crippen LogP contribution in [0.5, 0.6) is 0 Å². The number of hydrogen-bond donors (Lipinski definition) is 1. The summed E-state index contributed by atoms with van der Waals surface area (Å²) in [6.07, 6.45) is 4.87. The molecule has 0 bridgehead atoms. The maximum absolute atomic E-state index is 5.82. The number of hydrogen-bond acceptors (Lipinski definition) is 2. The largest absolute Gasteiger partial charge is 0.377 e. The molecule has 0 aliphatic heterocycles. The van der Waals surface area contributed by atoms with Crippen LogP contribution in [0.3, 0.4) is 0 Å². The Hall–Kier alpha value is -0.340. The first-order valence-electron chi connectivity index (χ1n) is 6.17. The van der Waals surface area contributed by atoms with Crippen molar-refractivity contribution in [3.63, 3.8) is 0 Å². The van der Waals surface area contributed by atoms with Gasteiger partial charge in [0.25, 0.3) is 0 Å². The van der Waals surface area contributed by atoms with Crippen molar-refractivity contribution in [1.82, 2.24) is 5.32 Å². The van der Waals surface area contributed by atoms with E-state index >= 15 is 0 Å². The highest BCUT2D eigenvalue weighted by Gasteiger charge is 2.06. The lowest BCUT2D eigenvalue weighted by atomic mass is 10.2. The van der Waals surface area contributed by atoms with Crippen LogP contribution >= 0.6 is 0 Å². The fourth-order valence-corrected chi connectivity index (χ4v) is 1.41. The van der Waals surface area contributed by atoms with Crippen LogP contribution in [0.4, 0.5) is 0 Å². The summed E-state index contributed by atoms with van der Waals surface area (Å²) in [5, 5.41) is 3.41. The van der Waals surface area contributed by atoms with E-state index in [2.05, 4.69) is 25.7 Å². The van der Waals surface area contributed by atoms with E-state index in [4.69, 9.17) is 4.74 Å². The zero-order chi connectivity index (χ0) is 11.5. The van der Waals surface area contributed by atoms with Crippen LogP contribution in [0.15, 0.2) is 12.2 Å². The minimum atomic E-state index is 0.376. The topological polar surface area (TPSA) is 21.3 Å². The van der Waals surface area contributed by atoms with Gasteiger partial charge in [-0.1, -0.05) is 25.8 Å². The summed E-state index contributed by atoms with van der Waals surface area (Å²) in [4.78, 5) is 0. The van der Waals surface area contributed by atoms with Crippen LogP contribution in [0, 0.1) is 0 Å². The van der Waals surface area contributed by atoms with Crippen LogP contribution in [-0.2, 0) is 4.74 Å². The highest BCUT2D eigenvalue weighted by atomic mass is 16.5. The Morgan fingerprint density at radius 3 is 2.60 bits per heavy atom. The Bertz CT molecular complexity index is 157. The van der Waals surface area contributed by atoms with Gasteiger partial charge in [0.2, 0.25) is 0 Å². The number of ether oxygens (including phenoxy) is 1. The lowest BCUT2D eigenvalue weighted by Crippen LogP contribution is -2.30. The van der Waals surface area contributed by atoms with Crippen molar-refractivity contribution in [3.05, 3.63) is 12.2 Å². The quantitative estimate of drug-likeness (QED) is 0.444. The van der Waals surface area contributed by atoms with Gasteiger partial charge in [-0.3, -0.25) is 0 Å². The first-order valence-corrected chi connectivity index (χ1v) is 6.17. The Morgan fingerprint density at radius 2 is 2.07 bits per heavy atom. The van der Waals surface area contributed by atoms with E-state index in [1.807, 2.05) is 6.92 Å². The molecule has 0 aromatic rings. The molecule has 0 aromatic carbocycles. The highest BCUT2D eigenvalue weighted by Crippen LogP contribution is 2.04. The molecule has 0 aromatic heterocycles. The van der Waals surface area contributed by atoms with Crippen molar-refractivity contribution in [2.45, 2.75) is 52.6 Å². The Kier molecular flexibility index (Phi) is 9.96. The van der Waals surface area contributed by atoms with E-state index in [1.165, 1.54) is 18.4 Å². The normalized spacial score (nSPS) is 12.7. The summed E-state index contributed by atoms with van der Waals surface area (Å²) in [5.74, 6) is 0. The van der Waals surface area contributed by atoms with Gasteiger partial charge in [0.15, 0.2) is 0 Å². The molecule has 0 amide bonds. The van der Waals surface area contributed by atoms with Crippen LogP contribution in [0.25, 0.3) is 0 Å². The fourth-order valence-electron chi connectivity index (χ4n) is 1.41. The Labute approximate surface area is 95.1 Å². The Morgan fingerprint density at radius 1 is 1.33 bits per heavy atom. The Balaban J connectivity index is 3.57. The molecule has 1 N–H and O–H groups in total. The average Bonchev–Trinajstić information content (AvgIpc) is 2.17. The van der Waals surface area contributed by atoms with Gasteiger partial charge in [0, 0.05) is 6.54 Å². The molecule has 0 aliphatic carbocycles. The summed E-state index contributed by atoms with van der Waals surface area (Å²) >= 11 is 0. The summed E-state index contributed by atoms with van der Waals surface area (Å²) in [6.45, 7) is 13.2. The molecule has 1 atom stereocenters. The molecule has 0 rings (SSSR count). The summed E-state index contributed by atoms with van der Waals surface area (Å²) in [5.41, 5.74) is 1.20. The molecule has 0 saturated heterocycles. The van der Waals surface area contributed by atoms with Gasteiger partial charge in [0.05, 0.1) is 12.7 Å². The zero-order valence-electron chi connectivity index (χ0n) is 10.6. The van der Waals surface area contributed by atoms with Crippen molar-refractivity contribution in [3.8, 4) is 0 Å². The van der Waals surface area contributed by atoms with Crippen molar-refractivity contribution in [2.75, 3.05) is 19.7 Å². The van der Waals surface area contributed by atoms with Gasteiger partial charge < -0.3 is 10.1 Å². The molecule has 90 valence electrons. The van der Waals surface area contributed by atoms with E-state index < -0.39 is 0 Å². The minimum Gasteiger partial charge on any atom is -0.377 e. The molecule has 15 heavy (non-hydrogen) atoms. The van der Waals surface area contributed by atoms with Crippen molar-refractivity contribution >= 4 is 0 Å². The molecule has 0 spiro atoms. The van der Waals surface area contributed by atoms with Crippen molar-refractivity contribution in [2.24, 2.45) is 0 Å². The maximum Gasteiger partial charge on any atom is 0.0699 e. The van der Waals surface area contributed by atoms with Crippen molar-refractivity contribution in [1.29, 1.82) is 0 Å². The third kappa shape index (κ3) is 9.95. The molecule has 0 fully saturated rings. The summed E-state index contributed by atoms with van der Waals surface area (Å²) < 4.78 is 5.82. The van der Waals surface area contributed by atoms with E-state index in [0.29, 0.717) is 6.10 Å². The predicted octanol–water partition coefficient (Wildman–Crippen LogP) is 3.14. The van der Waals surface area contributed by atoms with Gasteiger partial charge in [-0.15, -0.1) is 6.58 Å². The third-order valence-corrected chi connectivity index (χ3v) is 2.29. The molecule has 2 heteroatoms. The van der Waals surface area contributed by atoms with Gasteiger partial charge in [-0.2, -0.15) is 0 Å². The minimum absolute atomic E-state index is 0.376. The van der Waals surface area contributed by atoms with E-state index in [9.17, 15) is 0 Å². The number of nitrogens with one attached hydrogen (secondary N) is 1. The summed E-state index contributed by atoms with van der Waals surface area (Å²) in [6, 6.07) is 0. The highest BCUT2D eigenvalue weighted by molar-refractivity contribution is 4.87. The zero-order valence-corrected chi connectivity index (χ0v) is 10.6. The molecule has 1 unspecified atom stereocenters. The second-order valence-electron chi connectivity index (χ2n) is 4.19. The predicted molar refractivity (Wildman–Crippen MR) is 67.2 cm³/mol. The average molecular weight is 213 g/mol. The monoisotopic (exact) mass is 213 g/mol. The van der Waals surface area contributed by atoms with E-state index in [0.717, 1.165) is 32.5 Å². The SMILES string of the molecule is C=C(C)CCOC(CCC)CNCCC. The van der Waals surface area contributed by atoms with Crippen LogP contribution in [0.2, 0.25) is 0 Å². The number of rotatable bonds is 10. The van der Waals surface area contributed by atoms with Gasteiger partial charge in [-0.25, -0.2) is 0 Å². The van der Waals surface area contributed by atoms with Crippen LogP contribution < -0.4 is 5.32 Å². The van der Waals surface area contributed by atoms with Crippen molar-refractivity contribution < 1.29 is 4.74 Å². The standard InChI is InChI=1S/C13H27NO/c1-5-7-13(11-14-9-6-2)15-10-8-12(3)4/h13-14H,3,5-11H2,1-2,4H3. The second kappa shape index (κ2) is 10.2. The molecular weight excluding hydrogens is 186 g/mol. The molecule has 2 nitrogen and oxygen atoms in total. The summed E-state index contributed by atoms with van der Waals surface area (Å²) in [7, 11) is 0. The first-order chi connectivity index (χ1) is 7.20. The molecule has 0 radical (unpaired) electrons. The molecule has 0 heterocycles. The van der Waals surface area contributed by atoms with Gasteiger partial charge >= 0.3 is 0 Å². The lowest BCUT2D eigenvalue weighted by Gasteiger charge is -2.17. The molecule has 0 aliphatic rings. The smallest absolute Gasteiger partial charge is 0.0699 e. The second-order valence-corrected chi connectivity index (χ2v) is 4.19. The maximum atomic E-state index is 5.82. The molecule has 0 saturated carbocycles. The first kappa shape index (κ1) is 14.7. The van der Waals surface area contributed by atoms with E-state index in [1.54, 1.807) is 0 Å². The van der Waals surface area contributed by atoms with Gasteiger partial charge in [-0.05, 0) is 32.7 Å².